The molecule has 5 heteroatoms. The lowest BCUT2D eigenvalue weighted by Gasteiger charge is -2.08. The summed E-state index contributed by atoms with van der Waals surface area (Å²) in [5, 5.41) is 4.29. The van der Waals surface area contributed by atoms with Crippen LogP contribution in [-0.2, 0) is 6.42 Å². The normalized spacial score (nSPS) is 12.2. The molecule has 0 aliphatic rings. The van der Waals surface area contributed by atoms with Crippen LogP contribution in [0.2, 0.25) is 0 Å². The van der Waals surface area contributed by atoms with Crippen LogP contribution in [0, 0.1) is 0 Å². The molecule has 1 heterocycles. The van der Waals surface area contributed by atoms with E-state index in [0.717, 1.165) is 12.1 Å². The van der Waals surface area contributed by atoms with Crippen LogP contribution in [0.3, 0.4) is 0 Å². The molecule has 2 N–H and O–H groups in total. The Morgan fingerprint density at radius 1 is 1.30 bits per heavy atom. The number of amides is 1. The smallest absolute Gasteiger partial charge is 0.273 e. The number of nitrogens with zero attached hydrogens (tertiary/aromatic N) is 3. The summed E-state index contributed by atoms with van der Waals surface area (Å²) in [5.41, 5.74) is 8.34. The summed E-state index contributed by atoms with van der Waals surface area (Å²) in [7, 11) is 3.42. The molecule has 0 saturated carbocycles. The van der Waals surface area contributed by atoms with Gasteiger partial charge in [0.05, 0.1) is 5.69 Å². The van der Waals surface area contributed by atoms with Crippen LogP contribution in [0.15, 0.2) is 36.5 Å². The summed E-state index contributed by atoms with van der Waals surface area (Å²) in [6, 6.07) is 9.90. The van der Waals surface area contributed by atoms with E-state index in [1.807, 2.05) is 31.2 Å². The number of carbonyl (C=O) groups is 1. The van der Waals surface area contributed by atoms with E-state index in [0.29, 0.717) is 5.69 Å². The molecule has 5 nitrogen and oxygen atoms in total. The van der Waals surface area contributed by atoms with Crippen molar-refractivity contribution in [1.29, 1.82) is 0 Å². The molecule has 0 fully saturated rings. The predicted octanol–water partition coefficient (Wildman–Crippen LogP) is 1.46. The van der Waals surface area contributed by atoms with Crippen LogP contribution < -0.4 is 5.73 Å². The molecular formula is C15H20N4O. The monoisotopic (exact) mass is 272 g/mol. The second-order valence-electron chi connectivity index (χ2n) is 5.19. The van der Waals surface area contributed by atoms with Gasteiger partial charge in [-0.2, -0.15) is 5.10 Å². The molecule has 0 aliphatic carbocycles. The van der Waals surface area contributed by atoms with E-state index in [1.165, 1.54) is 10.5 Å². The Bertz CT molecular complexity index is 584. The quantitative estimate of drug-likeness (QED) is 0.916. The van der Waals surface area contributed by atoms with Crippen LogP contribution in [0.1, 0.15) is 23.0 Å². The van der Waals surface area contributed by atoms with E-state index in [4.69, 9.17) is 5.73 Å². The molecule has 1 aromatic heterocycles. The Hall–Kier alpha value is -2.14. The fraction of sp³-hybridized carbons (Fsp3) is 0.333. The first kappa shape index (κ1) is 14.3. The van der Waals surface area contributed by atoms with Crippen LogP contribution in [0.5, 0.6) is 0 Å². The van der Waals surface area contributed by atoms with Crippen molar-refractivity contribution in [1.82, 2.24) is 14.7 Å². The molecule has 1 atom stereocenters. The van der Waals surface area contributed by atoms with E-state index in [-0.39, 0.29) is 11.9 Å². The van der Waals surface area contributed by atoms with Gasteiger partial charge in [0.25, 0.3) is 5.91 Å². The van der Waals surface area contributed by atoms with Gasteiger partial charge in [0, 0.05) is 26.3 Å². The number of hydrogen-bond acceptors (Lipinski definition) is 3. The zero-order valence-electron chi connectivity index (χ0n) is 12.1. The first-order chi connectivity index (χ1) is 9.47. The summed E-state index contributed by atoms with van der Waals surface area (Å²) < 4.78 is 1.70. The zero-order chi connectivity index (χ0) is 14.7. The lowest BCUT2D eigenvalue weighted by molar-refractivity contribution is 0.0821. The van der Waals surface area contributed by atoms with Gasteiger partial charge in [-0.3, -0.25) is 4.79 Å². The largest absolute Gasteiger partial charge is 0.343 e. The minimum atomic E-state index is -0.0997. The molecule has 0 saturated heterocycles. The second-order valence-corrected chi connectivity index (χ2v) is 5.19. The maximum Gasteiger partial charge on any atom is 0.273 e. The van der Waals surface area contributed by atoms with Crippen molar-refractivity contribution in [2.75, 3.05) is 14.1 Å². The number of rotatable bonds is 4. The molecule has 2 aromatic rings. The van der Waals surface area contributed by atoms with Gasteiger partial charge in [0.15, 0.2) is 5.69 Å². The van der Waals surface area contributed by atoms with Crippen molar-refractivity contribution in [3.05, 3.63) is 47.8 Å². The highest BCUT2D eigenvalue weighted by atomic mass is 16.2. The van der Waals surface area contributed by atoms with Crippen LogP contribution in [0.25, 0.3) is 5.69 Å². The standard InChI is InChI=1S/C15H20N4O/c1-11(16)10-12-4-6-13(7-5-12)19-9-8-14(17-19)15(20)18(2)3/h4-9,11H,10,16H2,1-3H3. The third kappa shape index (κ3) is 3.24. The number of carbonyl (C=O) groups excluding carboxylic acids is 1. The highest BCUT2D eigenvalue weighted by Gasteiger charge is 2.11. The van der Waals surface area contributed by atoms with Crippen molar-refractivity contribution in [3.8, 4) is 5.69 Å². The predicted molar refractivity (Wildman–Crippen MR) is 78.9 cm³/mol. The Morgan fingerprint density at radius 3 is 2.50 bits per heavy atom. The van der Waals surface area contributed by atoms with Crippen molar-refractivity contribution in [3.63, 3.8) is 0 Å². The summed E-state index contributed by atoms with van der Waals surface area (Å²) in [6.45, 7) is 1.99. The van der Waals surface area contributed by atoms with Crippen molar-refractivity contribution in [2.45, 2.75) is 19.4 Å². The molecule has 1 amide bonds. The highest BCUT2D eigenvalue weighted by molar-refractivity contribution is 5.91. The van der Waals surface area contributed by atoms with Crippen molar-refractivity contribution in [2.24, 2.45) is 5.73 Å². The van der Waals surface area contributed by atoms with E-state index in [1.54, 1.807) is 31.0 Å². The molecular weight excluding hydrogens is 252 g/mol. The molecule has 20 heavy (non-hydrogen) atoms. The van der Waals surface area contributed by atoms with Crippen LogP contribution in [-0.4, -0.2) is 40.7 Å². The Kier molecular flexibility index (Phi) is 4.20. The molecule has 2 rings (SSSR count). The van der Waals surface area contributed by atoms with Crippen LogP contribution in [0.4, 0.5) is 0 Å². The minimum Gasteiger partial charge on any atom is -0.343 e. The summed E-state index contributed by atoms with van der Waals surface area (Å²) >= 11 is 0. The van der Waals surface area contributed by atoms with E-state index in [9.17, 15) is 4.79 Å². The molecule has 0 spiro atoms. The Balaban J connectivity index is 2.18. The first-order valence-electron chi connectivity index (χ1n) is 6.59. The Labute approximate surface area is 119 Å². The SMILES string of the molecule is CC(N)Cc1ccc(-n2ccc(C(=O)N(C)C)n2)cc1. The van der Waals surface area contributed by atoms with E-state index < -0.39 is 0 Å². The third-order valence-electron chi connectivity index (χ3n) is 2.97. The highest BCUT2D eigenvalue weighted by Crippen LogP contribution is 2.11. The van der Waals surface area contributed by atoms with Gasteiger partial charge >= 0.3 is 0 Å². The third-order valence-corrected chi connectivity index (χ3v) is 2.97. The summed E-state index contributed by atoms with van der Waals surface area (Å²) in [5.74, 6) is -0.0997. The summed E-state index contributed by atoms with van der Waals surface area (Å²) in [6.07, 6.45) is 2.64. The number of nitrogens with two attached hydrogens (primary N) is 1. The first-order valence-corrected chi connectivity index (χ1v) is 6.59. The molecule has 0 aliphatic heterocycles. The fourth-order valence-electron chi connectivity index (χ4n) is 1.97. The maximum atomic E-state index is 11.8. The number of benzene rings is 1. The van der Waals surface area contributed by atoms with Crippen molar-refractivity contribution < 1.29 is 4.79 Å². The number of hydrogen-bond donors (Lipinski definition) is 1. The second kappa shape index (κ2) is 5.88. The van der Waals surface area contributed by atoms with Gasteiger partial charge < -0.3 is 10.6 Å². The molecule has 106 valence electrons. The topological polar surface area (TPSA) is 64.2 Å². The van der Waals surface area contributed by atoms with E-state index in [2.05, 4.69) is 5.10 Å². The fourth-order valence-corrected chi connectivity index (χ4v) is 1.97. The van der Waals surface area contributed by atoms with Crippen molar-refractivity contribution >= 4 is 5.91 Å². The number of aromatic nitrogens is 2. The van der Waals surface area contributed by atoms with Gasteiger partial charge in [0.1, 0.15) is 0 Å². The van der Waals surface area contributed by atoms with Crippen LogP contribution >= 0.6 is 0 Å². The molecule has 1 aromatic carbocycles. The minimum absolute atomic E-state index is 0.0997. The van der Waals surface area contributed by atoms with Gasteiger partial charge in [-0.05, 0) is 37.1 Å². The van der Waals surface area contributed by atoms with Gasteiger partial charge in [-0.15, -0.1) is 0 Å². The van der Waals surface area contributed by atoms with E-state index >= 15 is 0 Å². The zero-order valence-corrected chi connectivity index (χ0v) is 12.1. The average Bonchev–Trinajstić information content (AvgIpc) is 2.87. The Morgan fingerprint density at radius 2 is 1.95 bits per heavy atom. The maximum absolute atomic E-state index is 11.8. The molecule has 0 radical (unpaired) electrons. The molecule has 0 bridgehead atoms. The lowest BCUT2D eigenvalue weighted by Crippen LogP contribution is -2.22. The summed E-state index contributed by atoms with van der Waals surface area (Å²) in [4.78, 5) is 13.3. The van der Waals surface area contributed by atoms with Gasteiger partial charge in [-0.1, -0.05) is 12.1 Å². The molecule has 1 unspecified atom stereocenters. The van der Waals surface area contributed by atoms with Gasteiger partial charge in [0.2, 0.25) is 0 Å². The lowest BCUT2D eigenvalue weighted by atomic mass is 10.1. The van der Waals surface area contributed by atoms with Gasteiger partial charge in [-0.25, -0.2) is 4.68 Å². The average molecular weight is 272 g/mol.